The third-order valence-electron chi connectivity index (χ3n) is 2.27. The lowest BCUT2D eigenvalue weighted by atomic mass is 9.90. The molecule has 0 saturated heterocycles. The maximum atomic E-state index is 11.3. The Kier molecular flexibility index (Phi) is 2.90. The van der Waals surface area contributed by atoms with E-state index in [1.807, 2.05) is 13.8 Å². The van der Waals surface area contributed by atoms with E-state index in [9.17, 15) is 9.90 Å². The predicted octanol–water partition coefficient (Wildman–Crippen LogP) is 2.60. The quantitative estimate of drug-likeness (QED) is 0.482. The van der Waals surface area contributed by atoms with Gasteiger partial charge in [0.05, 0.1) is 0 Å². The molecule has 0 aromatic rings. The van der Waals surface area contributed by atoms with Crippen LogP contribution in [0.3, 0.4) is 0 Å². The van der Waals surface area contributed by atoms with Crippen LogP contribution >= 0.6 is 0 Å². The van der Waals surface area contributed by atoms with Crippen molar-refractivity contribution in [2.75, 3.05) is 0 Å². The van der Waals surface area contributed by atoms with Gasteiger partial charge in [-0.25, -0.2) is 0 Å². The summed E-state index contributed by atoms with van der Waals surface area (Å²) in [7, 11) is 0. The second-order valence-corrected chi connectivity index (χ2v) is 3.65. The van der Waals surface area contributed by atoms with E-state index in [2.05, 4.69) is 0 Å². The molecule has 2 nitrogen and oxygen atoms in total. The zero-order valence-electron chi connectivity index (χ0n) is 7.76. The molecule has 68 valence electrons. The molecular weight excluding hydrogens is 152 g/mol. The van der Waals surface area contributed by atoms with E-state index < -0.39 is 0 Å². The van der Waals surface area contributed by atoms with Crippen molar-refractivity contribution < 1.29 is 9.90 Å². The van der Waals surface area contributed by atoms with Gasteiger partial charge < -0.3 is 5.11 Å². The Morgan fingerprint density at radius 3 is 2.42 bits per heavy atom. The fourth-order valence-corrected chi connectivity index (χ4v) is 1.50. The molecule has 1 N–H and O–H groups in total. The minimum Gasteiger partial charge on any atom is -0.512 e. The molecule has 0 aromatic carbocycles. The van der Waals surface area contributed by atoms with Crippen LogP contribution in [0.5, 0.6) is 0 Å². The van der Waals surface area contributed by atoms with Crippen LogP contribution in [-0.2, 0) is 4.79 Å². The highest BCUT2D eigenvalue weighted by molar-refractivity contribution is 5.96. The number of ketones is 1. The Labute approximate surface area is 73.3 Å². The monoisotopic (exact) mass is 168 g/mol. The lowest BCUT2D eigenvalue weighted by molar-refractivity contribution is -0.116. The molecule has 0 aromatic heterocycles. The molecule has 0 amide bonds. The molecule has 1 aliphatic rings. The van der Waals surface area contributed by atoms with Crippen molar-refractivity contribution in [1.82, 2.24) is 0 Å². The van der Waals surface area contributed by atoms with Gasteiger partial charge >= 0.3 is 0 Å². The first-order chi connectivity index (χ1) is 5.63. The minimum atomic E-state index is 0.0852. The lowest BCUT2D eigenvalue weighted by Crippen LogP contribution is -2.13. The van der Waals surface area contributed by atoms with Crippen LogP contribution in [0.2, 0.25) is 0 Å². The number of allylic oxidation sites excluding steroid dienone is 2. The van der Waals surface area contributed by atoms with Crippen LogP contribution in [0.25, 0.3) is 0 Å². The summed E-state index contributed by atoms with van der Waals surface area (Å²) in [5.74, 6) is 0.536. The highest BCUT2D eigenvalue weighted by Crippen LogP contribution is 2.24. The standard InChI is InChI=1S/C10H16O2/c1-7(2)10(12)8-5-3-4-6-9(8)11/h7,12H,3-6H2,1-2H3/b10-8+. The van der Waals surface area contributed by atoms with Gasteiger partial charge in [0, 0.05) is 17.9 Å². The average Bonchev–Trinajstić information content (AvgIpc) is 2.04. The second-order valence-electron chi connectivity index (χ2n) is 3.65. The number of aliphatic hydroxyl groups is 1. The summed E-state index contributed by atoms with van der Waals surface area (Å²) in [5, 5.41) is 9.58. The topological polar surface area (TPSA) is 37.3 Å². The van der Waals surface area contributed by atoms with Gasteiger partial charge in [0.1, 0.15) is 5.76 Å². The molecule has 1 rings (SSSR count). The third kappa shape index (κ3) is 1.87. The summed E-state index contributed by atoms with van der Waals surface area (Å²) in [5.41, 5.74) is 0.677. The van der Waals surface area contributed by atoms with Gasteiger partial charge in [0.15, 0.2) is 5.78 Å². The highest BCUT2D eigenvalue weighted by Gasteiger charge is 2.20. The molecule has 0 heterocycles. The molecule has 0 bridgehead atoms. The number of rotatable bonds is 1. The minimum absolute atomic E-state index is 0.0852. The molecule has 0 spiro atoms. The predicted molar refractivity (Wildman–Crippen MR) is 48.0 cm³/mol. The van der Waals surface area contributed by atoms with Crippen LogP contribution in [-0.4, -0.2) is 10.9 Å². The Morgan fingerprint density at radius 1 is 1.33 bits per heavy atom. The van der Waals surface area contributed by atoms with Crippen molar-refractivity contribution in [2.45, 2.75) is 39.5 Å². The van der Waals surface area contributed by atoms with E-state index in [1.165, 1.54) is 0 Å². The fourth-order valence-electron chi connectivity index (χ4n) is 1.50. The van der Waals surface area contributed by atoms with E-state index in [1.54, 1.807) is 0 Å². The smallest absolute Gasteiger partial charge is 0.162 e. The van der Waals surface area contributed by atoms with Gasteiger partial charge in [0.2, 0.25) is 0 Å². The fraction of sp³-hybridized carbons (Fsp3) is 0.700. The summed E-state index contributed by atoms with van der Waals surface area (Å²) in [6.07, 6.45) is 3.40. The van der Waals surface area contributed by atoms with Crippen LogP contribution in [0, 0.1) is 5.92 Å². The number of aliphatic hydroxyl groups excluding tert-OH is 1. The first kappa shape index (κ1) is 9.30. The summed E-state index contributed by atoms with van der Waals surface area (Å²) < 4.78 is 0. The molecule has 1 fully saturated rings. The number of carbonyl (C=O) groups is 1. The summed E-state index contributed by atoms with van der Waals surface area (Å²) in [6, 6.07) is 0. The van der Waals surface area contributed by atoms with E-state index in [-0.39, 0.29) is 11.7 Å². The first-order valence-corrected chi connectivity index (χ1v) is 4.58. The van der Waals surface area contributed by atoms with Crippen molar-refractivity contribution >= 4 is 5.78 Å². The average molecular weight is 168 g/mol. The van der Waals surface area contributed by atoms with Crippen molar-refractivity contribution in [3.63, 3.8) is 0 Å². The van der Waals surface area contributed by atoms with E-state index in [0.717, 1.165) is 19.3 Å². The Bertz CT molecular complexity index is 214. The second kappa shape index (κ2) is 3.74. The van der Waals surface area contributed by atoms with Gasteiger partial charge in [-0.1, -0.05) is 13.8 Å². The molecule has 0 radical (unpaired) electrons. The van der Waals surface area contributed by atoms with Gasteiger partial charge in [-0.2, -0.15) is 0 Å². The Hall–Kier alpha value is -0.790. The Balaban J connectivity index is 2.83. The summed E-state index contributed by atoms with van der Waals surface area (Å²) >= 11 is 0. The molecule has 1 aliphatic carbocycles. The molecular formula is C10H16O2. The maximum Gasteiger partial charge on any atom is 0.162 e. The largest absolute Gasteiger partial charge is 0.512 e. The lowest BCUT2D eigenvalue weighted by Gasteiger charge is -2.16. The van der Waals surface area contributed by atoms with Gasteiger partial charge in [0.25, 0.3) is 0 Å². The zero-order chi connectivity index (χ0) is 9.14. The third-order valence-corrected chi connectivity index (χ3v) is 2.27. The maximum absolute atomic E-state index is 11.3. The van der Waals surface area contributed by atoms with Crippen molar-refractivity contribution in [3.05, 3.63) is 11.3 Å². The first-order valence-electron chi connectivity index (χ1n) is 4.58. The van der Waals surface area contributed by atoms with E-state index in [4.69, 9.17) is 0 Å². The Morgan fingerprint density at radius 2 is 1.92 bits per heavy atom. The molecule has 0 atom stereocenters. The molecule has 0 aliphatic heterocycles. The van der Waals surface area contributed by atoms with Crippen LogP contribution in [0.15, 0.2) is 11.3 Å². The zero-order valence-corrected chi connectivity index (χ0v) is 7.76. The summed E-state index contributed by atoms with van der Waals surface area (Å²) in [4.78, 5) is 11.3. The van der Waals surface area contributed by atoms with Gasteiger partial charge in [-0.15, -0.1) is 0 Å². The number of carbonyl (C=O) groups excluding carboxylic acids is 1. The van der Waals surface area contributed by atoms with Crippen LogP contribution < -0.4 is 0 Å². The highest BCUT2D eigenvalue weighted by atomic mass is 16.3. The van der Waals surface area contributed by atoms with E-state index >= 15 is 0 Å². The number of hydrogen-bond donors (Lipinski definition) is 1. The van der Waals surface area contributed by atoms with E-state index in [0.29, 0.717) is 17.8 Å². The molecule has 0 unspecified atom stereocenters. The molecule has 1 saturated carbocycles. The van der Waals surface area contributed by atoms with Gasteiger partial charge in [-0.05, 0) is 19.3 Å². The van der Waals surface area contributed by atoms with Crippen LogP contribution in [0.4, 0.5) is 0 Å². The van der Waals surface area contributed by atoms with Crippen molar-refractivity contribution in [2.24, 2.45) is 5.92 Å². The SMILES string of the molecule is CC(C)/C(O)=C1/CCCCC1=O. The van der Waals surface area contributed by atoms with Crippen molar-refractivity contribution in [3.8, 4) is 0 Å². The molecule has 2 heteroatoms. The molecule has 12 heavy (non-hydrogen) atoms. The normalized spacial score (nSPS) is 23.1. The van der Waals surface area contributed by atoms with Crippen LogP contribution in [0.1, 0.15) is 39.5 Å². The number of Topliss-reactive ketones (excluding diaryl/α,β-unsaturated/α-hetero) is 1. The van der Waals surface area contributed by atoms with Crippen molar-refractivity contribution in [1.29, 1.82) is 0 Å². The number of hydrogen-bond acceptors (Lipinski definition) is 2. The van der Waals surface area contributed by atoms with Gasteiger partial charge in [-0.3, -0.25) is 4.79 Å². The summed E-state index contributed by atoms with van der Waals surface area (Å²) in [6.45, 7) is 3.81.